The van der Waals surface area contributed by atoms with Crippen LogP contribution in [0.25, 0.3) is 0 Å². The molecule has 0 atom stereocenters. The first-order valence-electron chi connectivity index (χ1n) is 5.64. The van der Waals surface area contributed by atoms with Crippen LogP contribution in [0.5, 0.6) is 0 Å². The van der Waals surface area contributed by atoms with E-state index in [1.54, 1.807) is 6.07 Å². The Morgan fingerprint density at radius 1 is 1.58 bits per heavy atom. The number of rotatable bonds is 4. The molecule has 1 amide bonds. The number of halogens is 1. The van der Waals surface area contributed by atoms with Crippen LogP contribution in [-0.4, -0.2) is 10.9 Å². The number of carbonyl (C=O) groups excluding carboxylic acids is 1. The van der Waals surface area contributed by atoms with E-state index in [-0.39, 0.29) is 24.9 Å². The van der Waals surface area contributed by atoms with Crippen LogP contribution in [0.4, 0.5) is 5.13 Å². The van der Waals surface area contributed by atoms with E-state index >= 15 is 0 Å². The van der Waals surface area contributed by atoms with Gasteiger partial charge < -0.3 is 10.2 Å². The topological polar surface area (TPSA) is 81.2 Å². The van der Waals surface area contributed by atoms with Crippen molar-refractivity contribution in [3.8, 4) is 0 Å². The van der Waals surface area contributed by atoms with E-state index < -0.39 is 0 Å². The first kappa shape index (κ1) is 15.7. The van der Waals surface area contributed by atoms with Crippen molar-refractivity contribution in [2.45, 2.75) is 26.3 Å². The Labute approximate surface area is 121 Å². The average molecular weight is 302 g/mol. The van der Waals surface area contributed by atoms with Crippen LogP contribution in [0.15, 0.2) is 22.1 Å². The molecule has 0 saturated heterocycles. The average Bonchev–Trinajstić information content (AvgIpc) is 2.96. The van der Waals surface area contributed by atoms with Gasteiger partial charge in [-0.2, -0.15) is 0 Å². The molecule has 2 heterocycles. The third-order valence-electron chi connectivity index (χ3n) is 2.45. The Kier molecular flexibility index (Phi) is 5.53. The van der Waals surface area contributed by atoms with Crippen LogP contribution in [0.3, 0.4) is 0 Å². The second kappa shape index (κ2) is 6.70. The summed E-state index contributed by atoms with van der Waals surface area (Å²) in [6.07, 6.45) is 1.40. The number of nitrogens with one attached hydrogen (secondary N) is 1. The zero-order chi connectivity index (χ0) is 13.1. The summed E-state index contributed by atoms with van der Waals surface area (Å²) in [6.45, 7) is 4.40. The number of amides is 1. The highest BCUT2D eigenvalue weighted by atomic mass is 35.5. The van der Waals surface area contributed by atoms with Crippen LogP contribution < -0.4 is 11.1 Å². The summed E-state index contributed by atoms with van der Waals surface area (Å²) in [4.78, 5) is 16.2. The van der Waals surface area contributed by atoms with Gasteiger partial charge in [0.1, 0.15) is 12.0 Å². The summed E-state index contributed by atoms with van der Waals surface area (Å²) in [5.41, 5.74) is 6.85. The third kappa shape index (κ3) is 3.79. The van der Waals surface area contributed by atoms with Crippen molar-refractivity contribution >= 4 is 34.8 Å². The number of thiazole rings is 1. The fourth-order valence-corrected chi connectivity index (χ4v) is 2.25. The SMILES string of the molecule is CC(C)c1csc(NC(=O)c2coc(CN)c2)n1.Cl. The fraction of sp³-hybridized carbons (Fsp3) is 0.333. The lowest BCUT2D eigenvalue weighted by Crippen LogP contribution is -2.10. The second-order valence-electron chi connectivity index (χ2n) is 4.19. The number of nitrogens with zero attached hydrogens (tertiary/aromatic N) is 1. The van der Waals surface area contributed by atoms with E-state index in [1.807, 2.05) is 5.38 Å². The Balaban J connectivity index is 0.00000180. The van der Waals surface area contributed by atoms with E-state index in [0.29, 0.717) is 22.4 Å². The molecule has 19 heavy (non-hydrogen) atoms. The van der Waals surface area contributed by atoms with Gasteiger partial charge in [-0.1, -0.05) is 13.8 Å². The summed E-state index contributed by atoms with van der Waals surface area (Å²) < 4.78 is 5.11. The van der Waals surface area contributed by atoms with Gasteiger partial charge in [-0.05, 0) is 12.0 Å². The van der Waals surface area contributed by atoms with E-state index in [0.717, 1.165) is 5.69 Å². The van der Waals surface area contributed by atoms with E-state index in [4.69, 9.17) is 10.2 Å². The highest BCUT2D eigenvalue weighted by Crippen LogP contribution is 2.22. The number of hydrogen-bond acceptors (Lipinski definition) is 5. The summed E-state index contributed by atoms with van der Waals surface area (Å²) in [6, 6.07) is 1.63. The number of nitrogens with two attached hydrogens (primary N) is 1. The summed E-state index contributed by atoms with van der Waals surface area (Å²) >= 11 is 1.42. The molecule has 7 heteroatoms. The van der Waals surface area contributed by atoms with Crippen LogP contribution in [-0.2, 0) is 6.54 Å². The lowest BCUT2D eigenvalue weighted by molar-refractivity contribution is 0.102. The third-order valence-corrected chi connectivity index (χ3v) is 3.23. The number of hydrogen-bond donors (Lipinski definition) is 2. The smallest absolute Gasteiger partial charge is 0.260 e. The molecular formula is C12H16ClN3O2S. The number of carbonyl (C=O) groups is 1. The van der Waals surface area contributed by atoms with Crippen molar-refractivity contribution < 1.29 is 9.21 Å². The molecule has 104 valence electrons. The van der Waals surface area contributed by atoms with Gasteiger partial charge in [-0.3, -0.25) is 10.1 Å². The largest absolute Gasteiger partial charge is 0.467 e. The standard InChI is InChI=1S/C12H15N3O2S.ClH/c1-7(2)10-6-18-12(14-10)15-11(16)8-3-9(4-13)17-5-8;/h3,5-7H,4,13H2,1-2H3,(H,14,15,16);1H. The highest BCUT2D eigenvalue weighted by Gasteiger charge is 2.12. The minimum absolute atomic E-state index is 0. The monoisotopic (exact) mass is 301 g/mol. The minimum Gasteiger partial charge on any atom is -0.467 e. The van der Waals surface area contributed by atoms with E-state index in [1.165, 1.54) is 17.6 Å². The molecule has 0 saturated carbocycles. The zero-order valence-corrected chi connectivity index (χ0v) is 12.3. The van der Waals surface area contributed by atoms with Crippen LogP contribution in [0, 0.1) is 0 Å². The molecule has 0 aliphatic carbocycles. The molecule has 0 unspecified atom stereocenters. The van der Waals surface area contributed by atoms with Crippen LogP contribution in [0.2, 0.25) is 0 Å². The Morgan fingerprint density at radius 3 is 2.84 bits per heavy atom. The first-order chi connectivity index (χ1) is 8.60. The quantitative estimate of drug-likeness (QED) is 0.909. The van der Waals surface area contributed by atoms with Crippen molar-refractivity contribution in [1.29, 1.82) is 0 Å². The molecule has 0 aromatic carbocycles. The van der Waals surface area contributed by atoms with E-state index in [9.17, 15) is 4.79 Å². The summed E-state index contributed by atoms with van der Waals surface area (Å²) in [7, 11) is 0. The lowest BCUT2D eigenvalue weighted by Gasteiger charge is -1.99. The molecule has 0 aliphatic heterocycles. The van der Waals surface area contributed by atoms with Crippen molar-refractivity contribution in [1.82, 2.24) is 4.98 Å². The molecule has 2 aromatic heterocycles. The molecule has 0 bridgehead atoms. The normalized spacial score (nSPS) is 10.3. The Hall–Kier alpha value is -1.37. The van der Waals surface area contributed by atoms with Crippen LogP contribution in [0.1, 0.15) is 41.6 Å². The highest BCUT2D eigenvalue weighted by molar-refractivity contribution is 7.14. The van der Waals surface area contributed by atoms with Gasteiger partial charge in [0.25, 0.3) is 5.91 Å². The molecule has 3 N–H and O–H groups in total. The van der Waals surface area contributed by atoms with Crippen molar-refractivity contribution in [2.24, 2.45) is 5.73 Å². The molecule has 2 aromatic rings. The van der Waals surface area contributed by atoms with E-state index in [2.05, 4.69) is 24.1 Å². The van der Waals surface area contributed by atoms with Crippen molar-refractivity contribution in [3.63, 3.8) is 0 Å². The van der Waals surface area contributed by atoms with Crippen molar-refractivity contribution in [3.05, 3.63) is 34.7 Å². The molecule has 0 radical (unpaired) electrons. The maximum atomic E-state index is 11.9. The molecule has 2 rings (SSSR count). The number of anilines is 1. The molecule has 5 nitrogen and oxygen atoms in total. The number of aromatic nitrogens is 1. The summed E-state index contributed by atoms with van der Waals surface area (Å²) in [5, 5.41) is 5.28. The molecule has 0 fully saturated rings. The molecule has 0 spiro atoms. The maximum absolute atomic E-state index is 11.9. The second-order valence-corrected chi connectivity index (χ2v) is 5.05. The van der Waals surface area contributed by atoms with Gasteiger partial charge in [-0.25, -0.2) is 4.98 Å². The minimum atomic E-state index is -0.233. The molecule has 0 aliphatic rings. The van der Waals surface area contributed by atoms with Crippen molar-refractivity contribution in [2.75, 3.05) is 5.32 Å². The van der Waals surface area contributed by atoms with Crippen LogP contribution >= 0.6 is 23.7 Å². The summed E-state index contributed by atoms with van der Waals surface area (Å²) in [5.74, 6) is 0.704. The van der Waals surface area contributed by atoms with Gasteiger partial charge >= 0.3 is 0 Å². The zero-order valence-electron chi connectivity index (χ0n) is 10.7. The predicted octanol–water partition coefficient (Wildman–Crippen LogP) is 2.99. The lowest BCUT2D eigenvalue weighted by atomic mass is 10.2. The first-order valence-corrected chi connectivity index (χ1v) is 6.52. The van der Waals surface area contributed by atoms with Gasteiger partial charge in [0.2, 0.25) is 0 Å². The Morgan fingerprint density at radius 2 is 2.32 bits per heavy atom. The van der Waals surface area contributed by atoms with Gasteiger partial charge in [0.15, 0.2) is 5.13 Å². The van der Waals surface area contributed by atoms with Gasteiger partial charge in [0.05, 0.1) is 17.8 Å². The van der Waals surface area contributed by atoms with Gasteiger partial charge in [0, 0.05) is 5.38 Å². The predicted molar refractivity (Wildman–Crippen MR) is 78.0 cm³/mol. The number of furan rings is 1. The fourth-order valence-electron chi connectivity index (χ4n) is 1.38. The maximum Gasteiger partial charge on any atom is 0.260 e. The molecular weight excluding hydrogens is 286 g/mol. The van der Waals surface area contributed by atoms with Gasteiger partial charge in [-0.15, -0.1) is 23.7 Å². The Bertz CT molecular complexity index is 551.